The smallest absolute Gasteiger partial charge is 0.265 e. The Morgan fingerprint density at radius 2 is 2.26 bits per heavy atom. The third kappa shape index (κ3) is 3.32. The Bertz CT molecular complexity index is 488. The molecule has 102 valence electrons. The van der Waals surface area contributed by atoms with Crippen molar-refractivity contribution in [3.63, 3.8) is 0 Å². The van der Waals surface area contributed by atoms with E-state index in [1.165, 1.54) is 0 Å². The number of ether oxygens (including phenoxy) is 1. The van der Waals surface area contributed by atoms with Crippen molar-refractivity contribution in [3.8, 4) is 5.75 Å². The van der Waals surface area contributed by atoms with Crippen LogP contribution in [-0.2, 0) is 16.0 Å². The zero-order valence-corrected chi connectivity index (χ0v) is 11.2. The molecule has 0 spiro atoms. The van der Waals surface area contributed by atoms with E-state index in [2.05, 4.69) is 5.32 Å². The topological polar surface area (TPSA) is 58.6 Å². The van der Waals surface area contributed by atoms with Gasteiger partial charge in [0, 0.05) is 6.54 Å². The summed E-state index contributed by atoms with van der Waals surface area (Å²) in [6.45, 7) is 2.95. The molecule has 0 saturated carbocycles. The minimum atomic E-state index is -0.447. The molecule has 1 aliphatic rings. The SMILES string of the molecule is CC1Oc2ccc(CCN(C)CC=O)cc2NC1=O. The van der Waals surface area contributed by atoms with Gasteiger partial charge in [-0.15, -0.1) is 0 Å². The number of nitrogens with zero attached hydrogens (tertiary/aromatic N) is 1. The van der Waals surface area contributed by atoms with E-state index in [1.807, 2.05) is 30.1 Å². The molecule has 1 aromatic rings. The number of carbonyl (C=O) groups is 2. The Hall–Kier alpha value is -1.88. The maximum atomic E-state index is 11.5. The van der Waals surface area contributed by atoms with Crippen molar-refractivity contribution in [3.05, 3.63) is 23.8 Å². The molecule has 1 atom stereocenters. The van der Waals surface area contributed by atoms with Gasteiger partial charge in [0.2, 0.25) is 0 Å². The molecule has 1 amide bonds. The highest BCUT2D eigenvalue weighted by Gasteiger charge is 2.23. The number of hydrogen-bond donors (Lipinski definition) is 1. The number of nitrogens with one attached hydrogen (secondary N) is 1. The Morgan fingerprint density at radius 1 is 1.47 bits per heavy atom. The Morgan fingerprint density at radius 3 is 3.00 bits per heavy atom. The van der Waals surface area contributed by atoms with Crippen LogP contribution in [0.2, 0.25) is 0 Å². The summed E-state index contributed by atoms with van der Waals surface area (Å²) in [6.07, 6.45) is 1.27. The minimum Gasteiger partial charge on any atom is -0.479 e. The Kier molecular flexibility index (Phi) is 4.16. The fraction of sp³-hybridized carbons (Fsp3) is 0.429. The number of rotatable bonds is 5. The molecule has 0 fully saturated rings. The van der Waals surface area contributed by atoms with Gasteiger partial charge < -0.3 is 14.8 Å². The summed E-state index contributed by atoms with van der Waals surface area (Å²) in [5.41, 5.74) is 1.83. The molecule has 1 aliphatic heterocycles. The first-order valence-corrected chi connectivity index (χ1v) is 6.33. The molecule has 0 aliphatic carbocycles. The van der Waals surface area contributed by atoms with E-state index >= 15 is 0 Å². The summed E-state index contributed by atoms with van der Waals surface area (Å²) >= 11 is 0. The summed E-state index contributed by atoms with van der Waals surface area (Å²) in [4.78, 5) is 23.9. The third-order valence-corrected chi connectivity index (χ3v) is 3.14. The second-order valence-corrected chi connectivity index (χ2v) is 4.76. The summed E-state index contributed by atoms with van der Waals surface area (Å²) in [5, 5.41) is 2.83. The van der Waals surface area contributed by atoms with Crippen LogP contribution in [0.5, 0.6) is 5.75 Å². The third-order valence-electron chi connectivity index (χ3n) is 3.14. The number of anilines is 1. The van der Waals surface area contributed by atoms with Gasteiger partial charge in [-0.1, -0.05) is 6.07 Å². The van der Waals surface area contributed by atoms with Crippen LogP contribution >= 0.6 is 0 Å². The Balaban J connectivity index is 2.03. The average Bonchev–Trinajstić information content (AvgIpc) is 2.38. The van der Waals surface area contributed by atoms with E-state index in [1.54, 1.807) is 6.92 Å². The van der Waals surface area contributed by atoms with Crippen molar-refractivity contribution in [1.29, 1.82) is 0 Å². The second kappa shape index (κ2) is 5.84. The van der Waals surface area contributed by atoms with Crippen molar-refractivity contribution in [2.24, 2.45) is 0 Å². The van der Waals surface area contributed by atoms with Gasteiger partial charge in [-0.3, -0.25) is 9.69 Å². The summed E-state index contributed by atoms with van der Waals surface area (Å²) < 4.78 is 5.49. The normalized spacial score (nSPS) is 17.6. The van der Waals surface area contributed by atoms with E-state index in [4.69, 9.17) is 4.74 Å². The Labute approximate surface area is 112 Å². The number of carbonyl (C=O) groups excluding carboxylic acids is 2. The lowest BCUT2D eigenvalue weighted by Crippen LogP contribution is -2.34. The monoisotopic (exact) mass is 262 g/mol. The maximum absolute atomic E-state index is 11.5. The van der Waals surface area contributed by atoms with Crippen LogP contribution in [-0.4, -0.2) is 43.3 Å². The standard InChI is InChI=1S/C14H18N2O3/c1-10-14(18)15-12-9-11(3-4-13(12)19-10)5-6-16(2)7-8-17/h3-4,8-10H,5-7H2,1-2H3,(H,15,18). The predicted molar refractivity (Wildman–Crippen MR) is 72.4 cm³/mol. The van der Waals surface area contributed by atoms with Crippen molar-refractivity contribution in [2.75, 3.05) is 25.5 Å². The lowest BCUT2D eigenvalue weighted by molar-refractivity contribution is -0.122. The van der Waals surface area contributed by atoms with E-state index in [0.717, 1.165) is 30.5 Å². The van der Waals surface area contributed by atoms with Crippen LogP contribution < -0.4 is 10.1 Å². The molecule has 0 saturated heterocycles. The first-order chi connectivity index (χ1) is 9.10. The largest absolute Gasteiger partial charge is 0.479 e. The van der Waals surface area contributed by atoms with Crippen molar-refractivity contribution in [1.82, 2.24) is 4.90 Å². The fourth-order valence-electron chi connectivity index (χ4n) is 1.95. The molecule has 0 radical (unpaired) electrons. The van der Waals surface area contributed by atoms with Crippen LogP contribution in [0.4, 0.5) is 5.69 Å². The molecule has 1 unspecified atom stereocenters. The lowest BCUT2D eigenvalue weighted by Gasteiger charge is -2.24. The van der Waals surface area contributed by atoms with E-state index in [-0.39, 0.29) is 5.91 Å². The highest BCUT2D eigenvalue weighted by molar-refractivity contribution is 5.97. The van der Waals surface area contributed by atoms with E-state index < -0.39 is 6.10 Å². The van der Waals surface area contributed by atoms with Gasteiger partial charge in [-0.05, 0) is 38.1 Å². The van der Waals surface area contributed by atoms with Crippen LogP contribution in [0.1, 0.15) is 12.5 Å². The van der Waals surface area contributed by atoms with Crippen molar-refractivity contribution >= 4 is 17.9 Å². The molecular weight excluding hydrogens is 244 g/mol. The quantitative estimate of drug-likeness (QED) is 0.807. The van der Waals surface area contributed by atoms with Gasteiger partial charge in [-0.2, -0.15) is 0 Å². The lowest BCUT2D eigenvalue weighted by atomic mass is 10.1. The first kappa shape index (κ1) is 13.5. The van der Waals surface area contributed by atoms with Gasteiger partial charge >= 0.3 is 0 Å². The molecular formula is C14H18N2O3. The van der Waals surface area contributed by atoms with Gasteiger partial charge in [0.1, 0.15) is 12.0 Å². The number of likely N-dealkylation sites (N-methyl/N-ethyl adjacent to an activating group) is 1. The summed E-state index contributed by atoms with van der Waals surface area (Å²) in [6, 6.07) is 5.78. The highest BCUT2D eigenvalue weighted by Crippen LogP contribution is 2.30. The fourth-order valence-corrected chi connectivity index (χ4v) is 1.95. The van der Waals surface area contributed by atoms with Gasteiger partial charge in [0.15, 0.2) is 6.10 Å². The average molecular weight is 262 g/mol. The predicted octanol–water partition coefficient (Wildman–Crippen LogP) is 1.08. The van der Waals surface area contributed by atoms with Crippen molar-refractivity contribution in [2.45, 2.75) is 19.4 Å². The molecule has 5 heteroatoms. The molecule has 19 heavy (non-hydrogen) atoms. The van der Waals surface area contributed by atoms with Gasteiger partial charge in [-0.25, -0.2) is 0 Å². The number of hydrogen-bond acceptors (Lipinski definition) is 4. The van der Waals surface area contributed by atoms with Crippen LogP contribution in [0.25, 0.3) is 0 Å². The maximum Gasteiger partial charge on any atom is 0.265 e. The molecule has 2 rings (SSSR count). The number of aldehydes is 1. The molecule has 0 bridgehead atoms. The highest BCUT2D eigenvalue weighted by atomic mass is 16.5. The zero-order chi connectivity index (χ0) is 13.8. The minimum absolute atomic E-state index is 0.122. The van der Waals surface area contributed by atoms with Gasteiger partial charge in [0.05, 0.1) is 12.2 Å². The van der Waals surface area contributed by atoms with Crippen molar-refractivity contribution < 1.29 is 14.3 Å². The first-order valence-electron chi connectivity index (χ1n) is 6.33. The summed E-state index contributed by atoms with van der Waals surface area (Å²) in [5.74, 6) is 0.583. The number of benzene rings is 1. The second-order valence-electron chi connectivity index (χ2n) is 4.76. The molecule has 1 N–H and O–H groups in total. The van der Waals surface area contributed by atoms with Crippen LogP contribution in [0.3, 0.4) is 0 Å². The number of fused-ring (bicyclic) bond motifs is 1. The molecule has 5 nitrogen and oxygen atoms in total. The molecule has 0 aromatic heterocycles. The molecule has 1 heterocycles. The van der Waals surface area contributed by atoms with Gasteiger partial charge in [0.25, 0.3) is 5.91 Å². The molecule has 1 aromatic carbocycles. The van der Waals surface area contributed by atoms with E-state index in [9.17, 15) is 9.59 Å². The van der Waals surface area contributed by atoms with Crippen LogP contribution in [0, 0.1) is 0 Å². The number of amides is 1. The zero-order valence-electron chi connectivity index (χ0n) is 11.2. The summed E-state index contributed by atoms with van der Waals surface area (Å²) in [7, 11) is 1.90. The van der Waals surface area contributed by atoms with E-state index in [0.29, 0.717) is 12.3 Å². The van der Waals surface area contributed by atoms with Crippen LogP contribution in [0.15, 0.2) is 18.2 Å².